The number of ether oxygens (including phenoxy) is 1. The van der Waals surface area contributed by atoms with Gasteiger partial charge in [-0.3, -0.25) is 9.69 Å². The largest absolute Gasteiger partial charge is 0.459 e. The first-order chi connectivity index (χ1) is 7.47. The predicted molar refractivity (Wildman–Crippen MR) is 63.2 cm³/mol. The SMILES string of the molecule is CC(C)(C)OC(=O)C1C2CCCCN1CC2. The first kappa shape index (κ1) is 11.9. The highest BCUT2D eigenvalue weighted by Gasteiger charge is 2.42. The second-order valence-electron chi connectivity index (χ2n) is 6.06. The molecule has 0 radical (unpaired) electrons. The van der Waals surface area contributed by atoms with E-state index in [2.05, 4.69) is 4.90 Å². The minimum atomic E-state index is -0.357. The van der Waals surface area contributed by atoms with Gasteiger partial charge in [0.05, 0.1) is 0 Å². The van der Waals surface area contributed by atoms with E-state index in [1.54, 1.807) is 0 Å². The van der Waals surface area contributed by atoms with Gasteiger partial charge in [-0.25, -0.2) is 0 Å². The van der Waals surface area contributed by atoms with E-state index < -0.39 is 0 Å². The lowest BCUT2D eigenvalue weighted by Gasteiger charge is -2.28. The number of esters is 1. The van der Waals surface area contributed by atoms with Crippen molar-refractivity contribution in [1.29, 1.82) is 0 Å². The number of hydrogen-bond acceptors (Lipinski definition) is 3. The fourth-order valence-electron chi connectivity index (χ4n) is 2.90. The fraction of sp³-hybridized carbons (Fsp3) is 0.923. The van der Waals surface area contributed by atoms with Crippen molar-refractivity contribution in [3.05, 3.63) is 0 Å². The zero-order valence-corrected chi connectivity index (χ0v) is 10.7. The van der Waals surface area contributed by atoms with E-state index in [0.717, 1.165) is 13.1 Å². The van der Waals surface area contributed by atoms with Gasteiger partial charge < -0.3 is 4.74 Å². The number of fused-ring (bicyclic) bond motifs is 2. The van der Waals surface area contributed by atoms with Crippen LogP contribution in [0.4, 0.5) is 0 Å². The Morgan fingerprint density at radius 3 is 2.62 bits per heavy atom. The van der Waals surface area contributed by atoms with E-state index >= 15 is 0 Å². The van der Waals surface area contributed by atoms with Crippen LogP contribution in [-0.4, -0.2) is 35.6 Å². The van der Waals surface area contributed by atoms with Crippen molar-refractivity contribution in [2.45, 2.75) is 58.1 Å². The summed E-state index contributed by atoms with van der Waals surface area (Å²) in [5.41, 5.74) is -0.357. The number of rotatable bonds is 1. The molecule has 0 aromatic carbocycles. The van der Waals surface area contributed by atoms with Crippen LogP contribution in [0.2, 0.25) is 0 Å². The van der Waals surface area contributed by atoms with Gasteiger partial charge in [0.25, 0.3) is 0 Å². The van der Waals surface area contributed by atoms with E-state index in [1.165, 1.54) is 25.7 Å². The Kier molecular flexibility index (Phi) is 3.24. The molecule has 0 saturated carbocycles. The lowest BCUT2D eigenvalue weighted by molar-refractivity contribution is -0.161. The molecule has 2 rings (SSSR count). The summed E-state index contributed by atoms with van der Waals surface area (Å²) in [6.07, 6.45) is 4.86. The topological polar surface area (TPSA) is 29.5 Å². The Hall–Kier alpha value is -0.570. The van der Waals surface area contributed by atoms with Crippen LogP contribution in [0.15, 0.2) is 0 Å². The average molecular weight is 225 g/mol. The molecule has 0 N–H and O–H groups in total. The quantitative estimate of drug-likeness (QED) is 0.641. The van der Waals surface area contributed by atoms with Crippen LogP contribution in [0.1, 0.15) is 46.5 Å². The molecule has 3 heteroatoms. The molecule has 3 nitrogen and oxygen atoms in total. The molecule has 2 aliphatic heterocycles. The van der Waals surface area contributed by atoms with Crippen LogP contribution in [0.25, 0.3) is 0 Å². The number of hydrogen-bond donors (Lipinski definition) is 0. The molecule has 0 aromatic heterocycles. The molecule has 3 atom stereocenters. The van der Waals surface area contributed by atoms with Crippen LogP contribution in [-0.2, 0) is 9.53 Å². The van der Waals surface area contributed by atoms with Gasteiger partial charge >= 0.3 is 5.97 Å². The van der Waals surface area contributed by atoms with Crippen molar-refractivity contribution < 1.29 is 9.53 Å². The van der Waals surface area contributed by atoms with Crippen molar-refractivity contribution in [3.63, 3.8) is 0 Å². The van der Waals surface area contributed by atoms with Crippen molar-refractivity contribution in [2.24, 2.45) is 5.92 Å². The standard InChI is InChI=1S/C13H23NO2/c1-13(2,3)16-12(15)11-10-6-4-5-8-14(11)9-7-10/h10-11H,4-9H2,1-3H3. The lowest BCUT2D eigenvalue weighted by Crippen LogP contribution is -2.42. The second-order valence-corrected chi connectivity index (χ2v) is 6.06. The summed E-state index contributed by atoms with van der Waals surface area (Å²) >= 11 is 0. The van der Waals surface area contributed by atoms with E-state index in [1.807, 2.05) is 20.8 Å². The molecule has 16 heavy (non-hydrogen) atoms. The van der Waals surface area contributed by atoms with Crippen molar-refractivity contribution in [3.8, 4) is 0 Å². The maximum absolute atomic E-state index is 12.2. The minimum absolute atomic E-state index is 0.00287. The van der Waals surface area contributed by atoms with Gasteiger partial charge in [0, 0.05) is 0 Å². The van der Waals surface area contributed by atoms with Crippen LogP contribution in [0.3, 0.4) is 0 Å². The van der Waals surface area contributed by atoms with Crippen molar-refractivity contribution in [1.82, 2.24) is 4.90 Å². The maximum Gasteiger partial charge on any atom is 0.324 e. The van der Waals surface area contributed by atoms with E-state index in [9.17, 15) is 4.79 Å². The summed E-state index contributed by atoms with van der Waals surface area (Å²) < 4.78 is 5.53. The summed E-state index contributed by atoms with van der Waals surface area (Å²) in [7, 11) is 0. The predicted octanol–water partition coefficient (Wildman–Crippen LogP) is 2.20. The van der Waals surface area contributed by atoms with E-state index in [-0.39, 0.29) is 17.6 Å². The molecule has 2 saturated heterocycles. The van der Waals surface area contributed by atoms with Gasteiger partial charge in [0.1, 0.15) is 11.6 Å². The summed E-state index contributed by atoms with van der Waals surface area (Å²) in [5.74, 6) is 0.536. The average Bonchev–Trinajstić information content (AvgIpc) is 2.36. The second kappa shape index (κ2) is 4.36. The van der Waals surface area contributed by atoms with Gasteiger partial charge in [-0.15, -0.1) is 0 Å². The van der Waals surface area contributed by atoms with Crippen molar-refractivity contribution >= 4 is 5.97 Å². The van der Waals surface area contributed by atoms with Crippen LogP contribution >= 0.6 is 0 Å². The Labute approximate surface area is 98.1 Å². The number of carbonyl (C=O) groups is 1. The Bertz CT molecular complexity index is 256. The molecular formula is C13H23NO2. The Morgan fingerprint density at radius 2 is 1.94 bits per heavy atom. The molecule has 3 unspecified atom stereocenters. The van der Waals surface area contributed by atoms with Gasteiger partial charge in [-0.05, 0) is 59.0 Å². The molecule has 0 amide bonds. The molecule has 2 bridgehead atoms. The third kappa shape index (κ3) is 2.57. The van der Waals surface area contributed by atoms with Gasteiger partial charge in [0.2, 0.25) is 0 Å². The maximum atomic E-state index is 12.2. The first-order valence-electron chi connectivity index (χ1n) is 6.44. The summed E-state index contributed by atoms with van der Waals surface area (Å²) in [5, 5.41) is 0. The monoisotopic (exact) mass is 225 g/mol. The molecule has 92 valence electrons. The van der Waals surface area contributed by atoms with Crippen LogP contribution < -0.4 is 0 Å². The molecular weight excluding hydrogens is 202 g/mol. The third-order valence-corrected chi connectivity index (χ3v) is 3.55. The highest BCUT2D eigenvalue weighted by molar-refractivity contribution is 5.77. The summed E-state index contributed by atoms with van der Waals surface area (Å²) in [6, 6.07) is 0.0433. The number of nitrogens with zero attached hydrogens (tertiary/aromatic N) is 1. The molecule has 2 aliphatic rings. The highest BCUT2D eigenvalue weighted by atomic mass is 16.6. The van der Waals surface area contributed by atoms with E-state index in [4.69, 9.17) is 4.74 Å². The molecule has 2 fully saturated rings. The van der Waals surface area contributed by atoms with Crippen LogP contribution in [0, 0.1) is 5.92 Å². The smallest absolute Gasteiger partial charge is 0.324 e. The Balaban J connectivity index is 2.05. The highest BCUT2D eigenvalue weighted by Crippen LogP contribution is 2.33. The lowest BCUT2D eigenvalue weighted by atomic mass is 9.95. The normalized spacial score (nSPS) is 34.6. The van der Waals surface area contributed by atoms with Crippen LogP contribution in [0.5, 0.6) is 0 Å². The Morgan fingerprint density at radius 1 is 1.19 bits per heavy atom. The van der Waals surface area contributed by atoms with Crippen molar-refractivity contribution in [2.75, 3.05) is 13.1 Å². The molecule has 0 aliphatic carbocycles. The molecule has 0 aromatic rings. The minimum Gasteiger partial charge on any atom is -0.459 e. The van der Waals surface area contributed by atoms with Gasteiger partial charge in [-0.2, -0.15) is 0 Å². The zero-order valence-electron chi connectivity index (χ0n) is 10.7. The fourth-order valence-corrected chi connectivity index (χ4v) is 2.90. The summed E-state index contributed by atoms with van der Waals surface area (Å²) in [4.78, 5) is 14.5. The number of carbonyl (C=O) groups excluding carboxylic acids is 1. The molecule has 2 heterocycles. The van der Waals surface area contributed by atoms with E-state index in [0.29, 0.717) is 5.92 Å². The van der Waals surface area contributed by atoms with Gasteiger partial charge in [-0.1, -0.05) is 6.42 Å². The third-order valence-electron chi connectivity index (χ3n) is 3.55. The first-order valence-corrected chi connectivity index (χ1v) is 6.44. The zero-order chi connectivity index (χ0) is 11.8. The summed E-state index contributed by atoms with van der Waals surface area (Å²) in [6.45, 7) is 7.98. The van der Waals surface area contributed by atoms with Gasteiger partial charge in [0.15, 0.2) is 0 Å². The molecule has 0 spiro atoms.